The molecular weight excluding hydrogens is 364 g/mol. The molecule has 2 N–H and O–H groups in total. The largest absolute Gasteiger partial charge is 0.378 e. The third-order valence-electron chi connectivity index (χ3n) is 4.10. The molecule has 146 valence electrons. The molecule has 3 rings (SSSR count). The lowest BCUT2D eigenvalue weighted by Gasteiger charge is -2.12. The van der Waals surface area contributed by atoms with Gasteiger partial charge in [0.25, 0.3) is 11.8 Å². The summed E-state index contributed by atoms with van der Waals surface area (Å²) in [5.74, 6) is -1.16. The molecule has 0 atom stereocenters. The first-order valence-electron chi connectivity index (χ1n) is 9.12. The molecule has 2 amide bonds. The lowest BCUT2D eigenvalue weighted by atomic mass is 10.2. The summed E-state index contributed by atoms with van der Waals surface area (Å²) in [6.45, 7) is 0. The molecule has 3 aromatic carbocycles. The summed E-state index contributed by atoms with van der Waals surface area (Å²) < 4.78 is 0. The second-order valence-electron chi connectivity index (χ2n) is 6.51. The van der Waals surface area contributed by atoms with Crippen molar-refractivity contribution in [1.82, 2.24) is 0 Å². The lowest BCUT2D eigenvalue weighted by Crippen LogP contribution is -2.34. The minimum absolute atomic E-state index is 0.227. The van der Waals surface area contributed by atoms with Gasteiger partial charge in [-0.15, -0.1) is 0 Å². The van der Waals surface area contributed by atoms with Crippen molar-refractivity contribution in [2.45, 2.75) is 0 Å². The highest BCUT2D eigenvalue weighted by molar-refractivity contribution is 6.69. The van der Waals surface area contributed by atoms with Gasteiger partial charge in [0.1, 0.15) is 0 Å². The van der Waals surface area contributed by atoms with Crippen LogP contribution in [0.4, 0.5) is 22.7 Å². The fraction of sp³-hybridized carbons (Fsp3) is 0.0870. The van der Waals surface area contributed by atoms with Crippen LogP contribution in [-0.2, 0) is 9.59 Å². The molecule has 0 aromatic heterocycles. The molecule has 29 heavy (non-hydrogen) atoms. The van der Waals surface area contributed by atoms with Crippen LogP contribution in [0.1, 0.15) is 0 Å². The van der Waals surface area contributed by atoms with E-state index in [1.807, 2.05) is 43.3 Å². The number of carbonyl (C=O) groups is 2. The van der Waals surface area contributed by atoms with E-state index in [1.54, 1.807) is 60.7 Å². The van der Waals surface area contributed by atoms with Crippen LogP contribution in [0.5, 0.6) is 0 Å². The number of nitrogens with zero attached hydrogens (tertiary/aromatic N) is 2. The molecule has 0 unspecified atom stereocenters. The van der Waals surface area contributed by atoms with E-state index in [9.17, 15) is 9.59 Å². The average molecular weight is 386 g/mol. The Kier molecular flexibility index (Phi) is 6.37. The molecule has 3 aromatic rings. The quantitative estimate of drug-likeness (QED) is 0.495. The standard InChI is InChI=1S/C23H22N4O2/c1-27(2)20-15-13-19(14-16-20)24-21(22(28)25-17-9-5-3-6-10-17)23(29)26-18-11-7-4-8-12-18/h3-16H,1-2H3,(H,25,28)(H,26,29). The summed E-state index contributed by atoms with van der Waals surface area (Å²) in [7, 11) is 3.87. The van der Waals surface area contributed by atoms with Crippen molar-refractivity contribution in [3.63, 3.8) is 0 Å². The Balaban J connectivity index is 1.89. The van der Waals surface area contributed by atoms with E-state index in [2.05, 4.69) is 15.6 Å². The zero-order valence-electron chi connectivity index (χ0n) is 16.3. The summed E-state index contributed by atoms with van der Waals surface area (Å²) in [6, 6.07) is 25.2. The van der Waals surface area contributed by atoms with Gasteiger partial charge in [0.05, 0.1) is 5.69 Å². The van der Waals surface area contributed by atoms with E-state index in [-0.39, 0.29) is 5.71 Å². The Bertz CT molecular complexity index is 943. The first-order chi connectivity index (χ1) is 14.0. The van der Waals surface area contributed by atoms with Gasteiger partial charge in [0.15, 0.2) is 5.71 Å². The van der Waals surface area contributed by atoms with Gasteiger partial charge in [0, 0.05) is 31.2 Å². The molecule has 0 aliphatic heterocycles. The molecule has 0 heterocycles. The first-order valence-corrected chi connectivity index (χ1v) is 9.12. The number of anilines is 3. The van der Waals surface area contributed by atoms with Crippen LogP contribution < -0.4 is 15.5 Å². The molecule has 0 bridgehead atoms. The zero-order chi connectivity index (χ0) is 20.6. The predicted octanol–water partition coefficient (Wildman–Crippen LogP) is 4.10. The van der Waals surface area contributed by atoms with Gasteiger partial charge < -0.3 is 15.5 Å². The molecule has 6 nitrogen and oxygen atoms in total. The van der Waals surface area contributed by atoms with E-state index >= 15 is 0 Å². The van der Waals surface area contributed by atoms with Crippen molar-refractivity contribution >= 4 is 40.3 Å². The van der Waals surface area contributed by atoms with Crippen molar-refractivity contribution in [3.8, 4) is 0 Å². The predicted molar refractivity (Wildman–Crippen MR) is 118 cm³/mol. The monoisotopic (exact) mass is 386 g/mol. The summed E-state index contributed by atoms with van der Waals surface area (Å²) in [4.78, 5) is 31.9. The minimum atomic E-state index is -0.582. The van der Waals surface area contributed by atoms with Crippen LogP contribution in [-0.4, -0.2) is 31.6 Å². The first kappa shape index (κ1) is 19.8. The van der Waals surface area contributed by atoms with Crippen molar-refractivity contribution in [1.29, 1.82) is 0 Å². The van der Waals surface area contributed by atoms with Gasteiger partial charge in [-0.25, -0.2) is 4.99 Å². The Morgan fingerprint density at radius 3 is 1.55 bits per heavy atom. The Morgan fingerprint density at radius 1 is 0.690 bits per heavy atom. The SMILES string of the molecule is CN(C)c1ccc(N=C(C(=O)Nc2ccccc2)C(=O)Nc2ccccc2)cc1. The topological polar surface area (TPSA) is 73.8 Å². The van der Waals surface area contributed by atoms with Crippen molar-refractivity contribution in [3.05, 3.63) is 84.9 Å². The fourth-order valence-electron chi connectivity index (χ4n) is 2.58. The van der Waals surface area contributed by atoms with Gasteiger partial charge >= 0.3 is 0 Å². The second-order valence-corrected chi connectivity index (χ2v) is 6.51. The fourth-order valence-corrected chi connectivity index (χ4v) is 2.58. The lowest BCUT2D eigenvalue weighted by molar-refractivity contribution is -0.114. The van der Waals surface area contributed by atoms with Crippen LogP contribution in [0.2, 0.25) is 0 Å². The van der Waals surface area contributed by atoms with Crippen LogP contribution in [0, 0.1) is 0 Å². The number of aliphatic imine (C=N–C) groups is 1. The molecule has 0 saturated heterocycles. The summed E-state index contributed by atoms with van der Waals surface area (Å²) in [6.07, 6.45) is 0. The number of carbonyl (C=O) groups excluding carboxylic acids is 2. The summed E-state index contributed by atoms with van der Waals surface area (Å²) >= 11 is 0. The van der Waals surface area contributed by atoms with Gasteiger partial charge in [-0.3, -0.25) is 9.59 Å². The third kappa shape index (κ3) is 5.52. The van der Waals surface area contributed by atoms with E-state index in [4.69, 9.17) is 0 Å². The third-order valence-corrected chi connectivity index (χ3v) is 4.10. The maximum absolute atomic E-state index is 12.8. The van der Waals surface area contributed by atoms with E-state index in [0.717, 1.165) is 5.69 Å². The zero-order valence-corrected chi connectivity index (χ0v) is 16.3. The normalized spacial score (nSPS) is 10.0. The number of amides is 2. The van der Waals surface area contributed by atoms with Gasteiger partial charge in [0.2, 0.25) is 0 Å². The maximum Gasteiger partial charge on any atom is 0.280 e. The molecule has 0 radical (unpaired) electrons. The molecule has 0 fully saturated rings. The van der Waals surface area contributed by atoms with Gasteiger partial charge in [-0.1, -0.05) is 36.4 Å². The second kappa shape index (κ2) is 9.32. The maximum atomic E-state index is 12.8. The summed E-state index contributed by atoms with van der Waals surface area (Å²) in [5.41, 5.74) is 2.45. The van der Waals surface area contributed by atoms with Gasteiger partial charge in [-0.2, -0.15) is 0 Å². The van der Waals surface area contributed by atoms with Crippen molar-refractivity contribution in [2.75, 3.05) is 29.6 Å². The molecule has 0 saturated carbocycles. The minimum Gasteiger partial charge on any atom is -0.378 e. The number of para-hydroxylation sites is 2. The number of hydrogen-bond donors (Lipinski definition) is 2. The molecule has 6 heteroatoms. The van der Waals surface area contributed by atoms with Crippen LogP contribution in [0.25, 0.3) is 0 Å². The number of benzene rings is 3. The average Bonchev–Trinajstić information content (AvgIpc) is 2.73. The van der Waals surface area contributed by atoms with Crippen molar-refractivity contribution < 1.29 is 9.59 Å². The molecule has 0 spiro atoms. The highest BCUT2D eigenvalue weighted by Crippen LogP contribution is 2.19. The molecule has 0 aliphatic rings. The van der Waals surface area contributed by atoms with Gasteiger partial charge in [-0.05, 0) is 48.5 Å². The number of hydrogen-bond acceptors (Lipinski definition) is 4. The summed E-state index contributed by atoms with van der Waals surface area (Å²) in [5, 5.41) is 5.44. The van der Waals surface area contributed by atoms with Crippen LogP contribution in [0.15, 0.2) is 89.9 Å². The van der Waals surface area contributed by atoms with Crippen LogP contribution in [0.3, 0.4) is 0 Å². The van der Waals surface area contributed by atoms with Crippen LogP contribution >= 0.6 is 0 Å². The number of nitrogens with one attached hydrogen (secondary N) is 2. The molecule has 0 aliphatic carbocycles. The molecular formula is C23H22N4O2. The van der Waals surface area contributed by atoms with E-state index in [1.165, 1.54) is 0 Å². The van der Waals surface area contributed by atoms with E-state index < -0.39 is 11.8 Å². The Labute approximate surface area is 169 Å². The number of rotatable bonds is 6. The smallest absolute Gasteiger partial charge is 0.280 e. The Morgan fingerprint density at radius 2 is 1.14 bits per heavy atom. The highest BCUT2D eigenvalue weighted by Gasteiger charge is 2.21. The highest BCUT2D eigenvalue weighted by atomic mass is 16.2. The van der Waals surface area contributed by atoms with E-state index in [0.29, 0.717) is 17.1 Å². The van der Waals surface area contributed by atoms with Crippen molar-refractivity contribution in [2.24, 2.45) is 4.99 Å². The Hall–Kier alpha value is -3.93.